The summed E-state index contributed by atoms with van der Waals surface area (Å²) in [6.45, 7) is 7.20. The molecule has 0 unspecified atom stereocenters. The first-order valence-corrected chi connectivity index (χ1v) is 5.69. The van der Waals surface area contributed by atoms with Crippen LogP contribution in [0.5, 0.6) is 0 Å². The Kier molecular flexibility index (Phi) is 5.09. The van der Waals surface area contributed by atoms with E-state index >= 15 is 0 Å². The summed E-state index contributed by atoms with van der Waals surface area (Å²) in [5.41, 5.74) is 2.01. The van der Waals surface area contributed by atoms with Gasteiger partial charge in [0.05, 0.1) is 6.61 Å². The van der Waals surface area contributed by atoms with E-state index in [0.29, 0.717) is 0 Å². The van der Waals surface area contributed by atoms with Crippen LogP contribution < -0.4 is 0 Å². The molecule has 3 heteroatoms. The third-order valence-electron chi connectivity index (χ3n) is 2.58. The summed E-state index contributed by atoms with van der Waals surface area (Å²) in [5.74, 6) is 0. The summed E-state index contributed by atoms with van der Waals surface area (Å²) in [4.78, 5) is 2.29. The van der Waals surface area contributed by atoms with Crippen molar-refractivity contribution in [2.24, 2.45) is 0 Å². The molecule has 0 aliphatic heterocycles. The van der Waals surface area contributed by atoms with E-state index in [0.717, 1.165) is 35.8 Å². The molecule has 0 fully saturated rings. The Morgan fingerprint density at radius 3 is 2.47 bits per heavy atom. The Bertz CT molecular complexity index is 310. The monoisotopic (exact) mass is 227 g/mol. The minimum atomic E-state index is 0.0718. The lowest BCUT2D eigenvalue weighted by Crippen LogP contribution is -2.22. The van der Waals surface area contributed by atoms with Crippen molar-refractivity contribution in [1.29, 1.82) is 0 Å². The molecular weight excluding hydrogens is 210 g/mol. The number of hydrogen-bond acceptors (Lipinski definition) is 2. The largest absolute Gasteiger partial charge is 0.392 e. The molecule has 0 aliphatic rings. The summed E-state index contributed by atoms with van der Waals surface area (Å²) in [6, 6.07) is 5.68. The molecule has 1 N–H and O–H groups in total. The molecule has 1 aromatic carbocycles. The van der Waals surface area contributed by atoms with Crippen molar-refractivity contribution in [3.05, 3.63) is 34.3 Å². The second kappa shape index (κ2) is 6.11. The van der Waals surface area contributed by atoms with Crippen molar-refractivity contribution < 1.29 is 5.11 Å². The highest BCUT2D eigenvalue weighted by atomic mass is 35.5. The van der Waals surface area contributed by atoms with Crippen LogP contribution in [0.3, 0.4) is 0 Å². The minimum absolute atomic E-state index is 0.0718. The molecule has 0 bridgehead atoms. The van der Waals surface area contributed by atoms with Gasteiger partial charge in [0.2, 0.25) is 0 Å². The van der Waals surface area contributed by atoms with Gasteiger partial charge in [-0.25, -0.2) is 0 Å². The van der Waals surface area contributed by atoms with E-state index in [1.165, 1.54) is 0 Å². The molecule has 0 amide bonds. The lowest BCUT2D eigenvalue weighted by molar-refractivity contribution is 0.280. The molecule has 0 aromatic heterocycles. The fourth-order valence-electron chi connectivity index (χ4n) is 1.54. The molecule has 0 aliphatic carbocycles. The quantitative estimate of drug-likeness (QED) is 0.836. The molecule has 0 saturated heterocycles. The maximum atomic E-state index is 9.04. The number of rotatable bonds is 5. The number of benzene rings is 1. The van der Waals surface area contributed by atoms with Crippen molar-refractivity contribution in [1.82, 2.24) is 4.90 Å². The van der Waals surface area contributed by atoms with Crippen LogP contribution >= 0.6 is 11.6 Å². The number of aliphatic hydroxyl groups excluding tert-OH is 1. The standard InChI is InChI=1S/C12H18ClNO/c1-3-14(4-2)8-11-7-10(9-15)5-6-12(11)13/h5-7,15H,3-4,8-9H2,1-2H3. The van der Waals surface area contributed by atoms with E-state index in [1.54, 1.807) is 0 Å². The van der Waals surface area contributed by atoms with Crippen LogP contribution in [0.4, 0.5) is 0 Å². The summed E-state index contributed by atoms with van der Waals surface area (Å²) >= 11 is 6.10. The predicted octanol–water partition coefficient (Wildman–Crippen LogP) is 2.67. The zero-order valence-corrected chi connectivity index (χ0v) is 10.1. The smallest absolute Gasteiger partial charge is 0.0681 e. The number of halogens is 1. The van der Waals surface area contributed by atoms with Crippen molar-refractivity contribution in [2.45, 2.75) is 27.0 Å². The average molecular weight is 228 g/mol. The maximum Gasteiger partial charge on any atom is 0.0681 e. The molecular formula is C12H18ClNO. The molecule has 0 atom stereocenters. The molecule has 0 radical (unpaired) electrons. The Morgan fingerprint density at radius 1 is 1.27 bits per heavy atom. The first-order chi connectivity index (χ1) is 7.21. The molecule has 0 spiro atoms. The minimum Gasteiger partial charge on any atom is -0.392 e. The van der Waals surface area contributed by atoms with Gasteiger partial charge in [0.1, 0.15) is 0 Å². The fraction of sp³-hybridized carbons (Fsp3) is 0.500. The Hall–Kier alpha value is -0.570. The van der Waals surface area contributed by atoms with Gasteiger partial charge in [0.25, 0.3) is 0 Å². The fourth-order valence-corrected chi connectivity index (χ4v) is 1.71. The normalized spacial score (nSPS) is 11.0. The molecule has 84 valence electrons. The van der Waals surface area contributed by atoms with Gasteiger partial charge in [-0.3, -0.25) is 4.90 Å². The van der Waals surface area contributed by atoms with E-state index in [9.17, 15) is 0 Å². The summed E-state index contributed by atoms with van der Waals surface area (Å²) in [7, 11) is 0. The van der Waals surface area contributed by atoms with Crippen LogP contribution in [0.25, 0.3) is 0 Å². The molecule has 0 saturated carbocycles. The highest BCUT2D eigenvalue weighted by Crippen LogP contribution is 2.19. The van der Waals surface area contributed by atoms with Gasteiger partial charge >= 0.3 is 0 Å². The van der Waals surface area contributed by atoms with Crippen molar-refractivity contribution in [2.75, 3.05) is 13.1 Å². The van der Waals surface area contributed by atoms with Gasteiger partial charge in [0, 0.05) is 11.6 Å². The molecule has 1 rings (SSSR count). The van der Waals surface area contributed by atoms with E-state index < -0.39 is 0 Å². The Morgan fingerprint density at radius 2 is 1.93 bits per heavy atom. The highest BCUT2D eigenvalue weighted by molar-refractivity contribution is 6.31. The van der Waals surface area contributed by atoms with Gasteiger partial charge < -0.3 is 5.11 Å². The van der Waals surface area contributed by atoms with Gasteiger partial charge in [-0.1, -0.05) is 37.6 Å². The first-order valence-electron chi connectivity index (χ1n) is 5.31. The summed E-state index contributed by atoms with van der Waals surface area (Å²) in [5, 5.41) is 9.82. The SMILES string of the molecule is CCN(CC)Cc1cc(CO)ccc1Cl. The van der Waals surface area contributed by atoms with Crippen molar-refractivity contribution >= 4 is 11.6 Å². The van der Waals surface area contributed by atoms with Gasteiger partial charge in [0.15, 0.2) is 0 Å². The van der Waals surface area contributed by atoms with Crippen LogP contribution in [-0.2, 0) is 13.2 Å². The number of hydrogen-bond donors (Lipinski definition) is 1. The van der Waals surface area contributed by atoms with E-state index in [2.05, 4.69) is 18.7 Å². The topological polar surface area (TPSA) is 23.5 Å². The maximum absolute atomic E-state index is 9.04. The van der Waals surface area contributed by atoms with Crippen LogP contribution in [0.1, 0.15) is 25.0 Å². The Balaban J connectivity index is 2.82. The second-order valence-electron chi connectivity index (χ2n) is 3.55. The van der Waals surface area contributed by atoms with Crippen LogP contribution in [0.15, 0.2) is 18.2 Å². The first kappa shape index (κ1) is 12.5. The van der Waals surface area contributed by atoms with Crippen molar-refractivity contribution in [3.8, 4) is 0 Å². The lowest BCUT2D eigenvalue weighted by atomic mass is 10.1. The molecule has 2 nitrogen and oxygen atoms in total. The molecule has 1 aromatic rings. The van der Waals surface area contributed by atoms with Gasteiger partial charge in [-0.05, 0) is 30.3 Å². The van der Waals surface area contributed by atoms with Gasteiger partial charge in [-0.2, -0.15) is 0 Å². The molecule has 0 heterocycles. The van der Waals surface area contributed by atoms with E-state index in [-0.39, 0.29) is 6.61 Å². The number of nitrogens with zero attached hydrogens (tertiary/aromatic N) is 1. The Labute approximate surface area is 96.5 Å². The van der Waals surface area contributed by atoms with Crippen LogP contribution in [0.2, 0.25) is 5.02 Å². The zero-order valence-electron chi connectivity index (χ0n) is 9.33. The average Bonchev–Trinajstić information content (AvgIpc) is 2.28. The van der Waals surface area contributed by atoms with Crippen LogP contribution in [0, 0.1) is 0 Å². The van der Waals surface area contributed by atoms with Crippen LogP contribution in [-0.4, -0.2) is 23.1 Å². The van der Waals surface area contributed by atoms with E-state index in [1.807, 2.05) is 18.2 Å². The van der Waals surface area contributed by atoms with E-state index in [4.69, 9.17) is 16.7 Å². The lowest BCUT2D eigenvalue weighted by Gasteiger charge is -2.19. The van der Waals surface area contributed by atoms with Crippen molar-refractivity contribution in [3.63, 3.8) is 0 Å². The number of aliphatic hydroxyl groups is 1. The third-order valence-corrected chi connectivity index (χ3v) is 2.95. The third kappa shape index (κ3) is 3.49. The summed E-state index contributed by atoms with van der Waals surface area (Å²) in [6.07, 6.45) is 0. The molecule has 15 heavy (non-hydrogen) atoms. The highest BCUT2D eigenvalue weighted by Gasteiger charge is 2.05. The van der Waals surface area contributed by atoms with Gasteiger partial charge in [-0.15, -0.1) is 0 Å². The predicted molar refractivity (Wildman–Crippen MR) is 64.0 cm³/mol. The second-order valence-corrected chi connectivity index (χ2v) is 3.95. The summed E-state index contributed by atoms with van der Waals surface area (Å²) < 4.78 is 0. The zero-order chi connectivity index (χ0) is 11.3.